The standard InChI is InChI=1S/C22H29F3N6OS/c1-3-16(20-30-17-13-27-9-6-18(17)33-20)19(29-15-5-4-14(12-15)7-11-32)31-21(26-2)28-10-8-22(23,24)25/h3,6,9,13-15,32H,4-5,7-8,10-12H2,1-2H3,(H2,26,28,29,31)/b16-3-. The molecule has 2 heterocycles. The van der Waals surface area contributed by atoms with Gasteiger partial charge < -0.3 is 15.7 Å². The smallest absolute Gasteiger partial charge is 0.390 e. The van der Waals surface area contributed by atoms with E-state index in [2.05, 4.69) is 25.6 Å². The molecule has 0 radical (unpaired) electrons. The van der Waals surface area contributed by atoms with Crippen LogP contribution in [0.4, 0.5) is 13.2 Å². The Labute approximate surface area is 195 Å². The number of thiazole rings is 1. The molecule has 1 aliphatic rings. The molecular formula is C22H29F3N6OS. The number of nitrogens with one attached hydrogen (secondary N) is 2. The quantitative estimate of drug-likeness (QED) is 0.407. The summed E-state index contributed by atoms with van der Waals surface area (Å²) in [7, 11) is 1.51. The molecule has 0 spiro atoms. The molecule has 2 aromatic heterocycles. The minimum absolute atomic E-state index is 0.0447. The molecule has 1 fully saturated rings. The number of fused-ring (bicyclic) bond motifs is 1. The molecule has 0 saturated heterocycles. The second kappa shape index (κ2) is 11.6. The van der Waals surface area contributed by atoms with Gasteiger partial charge in [0, 0.05) is 32.0 Å². The average molecular weight is 483 g/mol. The highest BCUT2D eigenvalue weighted by molar-refractivity contribution is 7.19. The van der Waals surface area contributed by atoms with E-state index < -0.39 is 12.6 Å². The van der Waals surface area contributed by atoms with E-state index in [1.54, 1.807) is 12.4 Å². The summed E-state index contributed by atoms with van der Waals surface area (Å²) in [6, 6.07) is 1.94. The number of hydrogen-bond donors (Lipinski definition) is 3. The van der Waals surface area contributed by atoms with E-state index in [9.17, 15) is 18.3 Å². The zero-order valence-corrected chi connectivity index (χ0v) is 19.5. The molecule has 0 aliphatic heterocycles. The first-order chi connectivity index (χ1) is 15.8. The Kier molecular flexibility index (Phi) is 8.79. The Morgan fingerprint density at radius 1 is 1.36 bits per heavy atom. The van der Waals surface area contributed by atoms with Gasteiger partial charge in [-0.1, -0.05) is 6.08 Å². The molecule has 1 saturated carbocycles. The van der Waals surface area contributed by atoms with Crippen LogP contribution in [0.5, 0.6) is 0 Å². The monoisotopic (exact) mass is 482 g/mol. The Morgan fingerprint density at radius 3 is 2.85 bits per heavy atom. The Bertz CT molecular complexity index is 984. The summed E-state index contributed by atoms with van der Waals surface area (Å²) < 4.78 is 38.7. The summed E-state index contributed by atoms with van der Waals surface area (Å²) in [5.41, 5.74) is 1.52. The molecule has 33 heavy (non-hydrogen) atoms. The molecule has 7 nitrogen and oxygen atoms in total. The summed E-state index contributed by atoms with van der Waals surface area (Å²) in [6.45, 7) is 1.73. The first-order valence-electron chi connectivity index (χ1n) is 10.9. The molecule has 1 aliphatic carbocycles. The molecular weight excluding hydrogens is 453 g/mol. The van der Waals surface area contributed by atoms with Crippen molar-refractivity contribution in [2.24, 2.45) is 15.9 Å². The second-order valence-electron chi connectivity index (χ2n) is 7.88. The van der Waals surface area contributed by atoms with Gasteiger partial charge in [-0.2, -0.15) is 13.2 Å². The number of allylic oxidation sites excluding steroid dienone is 1. The van der Waals surface area contributed by atoms with Gasteiger partial charge in [-0.15, -0.1) is 11.3 Å². The lowest BCUT2D eigenvalue weighted by atomic mass is 10.0. The fourth-order valence-corrected chi connectivity index (χ4v) is 4.84. The van der Waals surface area contributed by atoms with Crippen LogP contribution in [-0.4, -0.2) is 59.3 Å². The number of hydrogen-bond acceptors (Lipinski definition) is 6. The van der Waals surface area contributed by atoms with Crippen LogP contribution in [0.25, 0.3) is 15.8 Å². The minimum atomic E-state index is -4.25. The third-order valence-electron chi connectivity index (χ3n) is 5.49. The van der Waals surface area contributed by atoms with E-state index in [1.807, 2.05) is 19.1 Å². The van der Waals surface area contributed by atoms with Crippen LogP contribution in [0.1, 0.15) is 44.0 Å². The van der Waals surface area contributed by atoms with Gasteiger partial charge in [0.15, 0.2) is 5.96 Å². The fourth-order valence-electron chi connectivity index (χ4n) is 3.83. The summed E-state index contributed by atoms with van der Waals surface area (Å²) in [5, 5.41) is 15.8. The number of aliphatic hydroxyl groups is 1. The molecule has 180 valence electrons. The lowest BCUT2D eigenvalue weighted by Gasteiger charge is -2.17. The third-order valence-corrected chi connectivity index (χ3v) is 6.56. The number of halogens is 3. The second-order valence-corrected chi connectivity index (χ2v) is 8.91. The molecule has 0 amide bonds. The summed E-state index contributed by atoms with van der Waals surface area (Å²) in [6.07, 6.45) is 3.55. The van der Waals surface area contributed by atoms with Crippen LogP contribution in [0.15, 0.2) is 34.5 Å². The van der Waals surface area contributed by atoms with Gasteiger partial charge >= 0.3 is 6.18 Å². The Balaban J connectivity index is 1.86. The number of guanidine groups is 1. The van der Waals surface area contributed by atoms with Crippen LogP contribution in [0.3, 0.4) is 0 Å². The van der Waals surface area contributed by atoms with Crippen LogP contribution in [-0.2, 0) is 0 Å². The zero-order chi connectivity index (χ0) is 23.8. The van der Waals surface area contributed by atoms with Crippen LogP contribution in [0, 0.1) is 5.92 Å². The maximum Gasteiger partial charge on any atom is 0.390 e. The average Bonchev–Trinajstić information content (AvgIpc) is 3.39. The number of nitrogens with zero attached hydrogens (tertiary/aromatic N) is 4. The third kappa shape index (κ3) is 7.23. The van der Waals surface area contributed by atoms with Gasteiger partial charge in [0.05, 0.1) is 23.4 Å². The van der Waals surface area contributed by atoms with Crippen molar-refractivity contribution < 1.29 is 18.3 Å². The van der Waals surface area contributed by atoms with Gasteiger partial charge in [0.25, 0.3) is 0 Å². The van der Waals surface area contributed by atoms with Gasteiger partial charge in [-0.25, -0.2) is 4.98 Å². The van der Waals surface area contributed by atoms with E-state index in [0.717, 1.165) is 46.5 Å². The van der Waals surface area contributed by atoms with Gasteiger partial charge in [-0.05, 0) is 44.6 Å². The number of pyridine rings is 1. The summed E-state index contributed by atoms with van der Waals surface area (Å²) >= 11 is 1.50. The number of aliphatic imine (C=N–C) groups is 2. The van der Waals surface area contributed by atoms with Crippen LogP contribution in [0.2, 0.25) is 0 Å². The predicted molar refractivity (Wildman–Crippen MR) is 127 cm³/mol. The highest BCUT2D eigenvalue weighted by atomic mass is 32.1. The van der Waals surface area contributed by atoms with Crippen molar-refractivity contribution in [2.45, 2.75) is 51.2 Å². The van der Waals surface area contributed by atoms with Crippen molar-refractivity contribution in [1.29, 1.82) is 0 Å². The SMILES string of the molecule is C/C=C(/C(=NC1CCC(CCO)C1)NC(=NC)NCCC(F)(F)F)c1nc2cnccc2s1. The number of alkyl halides is 3. The van der Waals surface area contributed by atoms with Crippen molar-refractivity contribution in [3.8, 4) is 0 Å². The highest BCUT2D eigenvalue weighted by Gasteiger charge is 2.27. The molecule has 3 N–H and O–H groups in total. The Hall–Kier alpha value is -2.53. The van der Waals surface area contributed by atoms with Crippen molar-refractivity contribution in [1.82, 2.24) is 20.6 Å². The normalized spacial score (nSPS) is 20.5. The highest BCUT2D eigenvalue weighted by Crippen LogP contribution is 2.32. The molecule has 2 unspecified atom stereocenters. The minimum Gasteiger partial charge on any atom is -0.396 e. The molecule has 3 rings (SSSR count). The van der Waals surface area contributed by atoms with Crippen LogP contribution < -0.4 is 10.6 Å². The summed E-state index contributed by atoms with van der Waals surface area (Å²) in [4.78, 5) is 17.8. The van der Waals surface area contributed by atoms with E-state index in [-0.39, 0.29) is 25.2 Å². The van der Waals surface area contributed by atoms with Crippen molar-refractivity contribution >= 4 is 38.9 Å². The fraction of sp³-hybridized carbons (Fsp3) is 0.545. The first kappa shape index (κ1) is 25.1. The van der Waals surface area contributed by atoms with Crippen molar-refractivity contribution in [2.75, 3.05) is 20.2 Å². The zero-order valence-electron chi connectivity index (χ0n) is 18.7. The number of aliphatic hydroxyl groups excluding tert-OH is 1. The number of rotatable bonds is 7. The van der Waals surface area contributed by atoms with Crippen molar-refractivity contribution in [3.05, 3.63) is 29.5 Å². The molecule has 0 aromatic carbocycles. The lowest BCUT2D eigenvalue weighted by Crippen LogP contribution is -2.43. The van der Waals surface area contributed by atoms with E-state index in [1.165, 1.54) is 18.4 Å². The molecule has 0 bridgehead atoms. The summed E-state index contributed by atoms with van der Waals surface area (Å²) in [5.74, 6) is 1.14. The van der Waals surface area contributed by atoms with Crippen molar-refractivity contribution in [3.63, 3.8) is 0 Å². The number of aromatic nitrogens is 2. The van der Waals surface area contributed by atoms with Gasteiger partial charge in [-0.3, -0.25) is 15.0 Å². The maximum absolute atomic E-state index is 12.6. The number of amidine groups is 1. The largest absolute Gasteiger partial charge is 0.396 e. The maximum atomic E-state index is 12.6. The lowest BCUT2D eigenvalue weighted by molar-refractivity contribution is -0.132. The van der Waals surface area contributed by atoms with E-state index >= 15 is 0 Å². The van der Waals surface area contributed by atoms with E-state index in [4.69, 9.17) is 4.99 Å². The van der Waals surface area contributed by atoms with E-state index in [0.29, 0.717) is 11.8 Å². The van der Waals surface area contributed by atoms with Gasteiger partial charge in [0.2, 0.25) is 0 Å². The van der Waals surface area contributed by atoms with Gasteiger partial charge in [0.1, 0.15) is 16.4 Å². The molecule has 11 heteroatoms. The molecule has 2 atom stereocenters. The van der Waals surface area contributed by atoms with Crippen LogP contribution >= 0.6 is 11.3 Å². The topological polar surface area (TPSA) is 94.8 Å². The Morgan fingerprint density at radius 2 is 2.18 bits per heavy atom. The predicted octanol–water partition coefficient (Wildman–Crippen LogP) is 4.16. The molecule has 2 aromatic rings. The first-order valence-corrected chi connectivity index (χ1v) is 11.7.